The van der Waals surface area contributed by atoms with E-state index in [2.05, 4.69) is 26.0 Å². The van der Waals surface area contributed by atoms with Gasteiger partial charge in [0.2, 0.25) is 0 Å². The second-order valence-electron chi connectivity index (χ2n) is 14.7. The Balaban J connectivity index is 4.12. The van der Waals surface area contributed by atoms with Crippen LogP contribution in [0.2, 0.25) is 0 Å². The number of carbonyl (C=O) groups is 2. The van der Waals surface area contributed by atoms with Gasteiger partial charge in [-0.2, -0.15) is 0 Å². The Kier molecular flexibility index (Phi) is 31.8. The lowest BCUT2D eigenvalue weighted by atomic mass is 10.1. The molecule has 0 aromatic rings. The molecular weight excluding hydrogens is 641 g/mol. The van der Waals surface area contributed by atoms with Crippen molar-refractivity contribution >= 4 is 19.8 Å². The van der Waals surface area contributed by atoms with Crippen LogP contribution in [0.4, 0.5) is 0 Å². The third kappa shape index (κ3) is 36.3. The molecule has 0 fully saturated rings. The number of rotatable bonds is 36. The smallest absolute Gasteiger partial charge is 0.462 e. The summed E-state index contributed by atoms with van der Waals surface area (Å²) in [4.78, 5) is 34.8. The van der Waals surface area contributed by atoms with Crippen molar-refractivity contribution < 1.29 is 42.1 Å². The molecule has 0 saturated carbocycles. The van der Waals surface area contributed by atoms with Crippen LogP contribution in [0.5, 0.6) is 0 Å². The molecule has 1 N–H and O–H groups in total. The highest BCUT2D eigenvalue weighted by atomic mass is 31.2. The first-order valence-electron chi connectivity index (χ1n) is 19.9. The first kappa shape index (κ1) is 47.8. The molecule has 0 heterocycles. The maximum atomic E-state index is 12.6. The van der Waals surface area contributed by atoms with E-state index in [-0.39, 0.29) is 32.0 Å². The van der Waals surface area contributed by atoms with Crippen molar-refractivity contribution in [1.82, 2.24) is 0 Å². The van der Waals surface area contributed by atoms with E-state index < -0.39 is 26.5 Å². The van der Waals surface area contributed by atoms with Gasteiger partial charge in [-0.25, -0.2) is 4.57 Å². The topological polar surface area (TPSA) is 108 Å². The van der Waals surface area contributed by atoms with E-state index in [1.807, 2.05) is 21.1 Å². The van der Waals surface area contributed by atoms with Crippen molar-refractivity contribution in [2.45, 2.75) is 180 Å². The molecule has 0 aromatic heterocycles. The highest BCUT2D eigenvalue weighted by Gasteiger charge is 2.27. The Morgan fingerprint density at radius 2 is 1.04 bits per heavy atom. The average molecular weight is 719 g/mol. The van der Waals surface area contributed by atoms with Crippen molar-refractivity contribution in [3.63, 3.8) is 0 Å². The van der Waals surface area contributed by atoms with E-state index in [9.17, 15) is 19.0 Å². The molecule has 10 heteroatoms. The SMILES string of the molecule is CCCCCCCCCC/C=C\CCCCCCCCCCCC(=O)OC(COC(=O)CCCCCC)COP(=O)(O)OCC[N+](C)(C)C. The first-order valence-corrected chi connectivity index (χ1v) is 21.4. The van der Waals surface area contributed by atoms with Gasteiger partial charge in [0.05, 0.1) is 27.7 Å². The zero-order chi connectivity index (χ0) is 36.5. The van der Waals surface area contributed by atoms with Gasteiger partial charge in [-0.3, -0.25) is 18.6 Å². The largest absolute Gasteiger partial charge is 0.472 e. The van der Waals surface area contributed by atoms with Gasteiger partial charge in [-0.1, -0.05) is 135 Å². The van der Waals surface area contributed by atoms with E-state index in [0.29, 0.717) is 17.4 Å². The fourth-order valence-electron chi connectivity index (χ4n) is 5.36. The number of phosphoric acid groups is 1. The summed E-state index contributed by atoms with van der Waals surface area (Å²) >= 11 is 0. The zero-order valence-electron chi connectivity index (χ0n) is 32.4. The maximum absolute atomic E-state index is 12.6. The highest BCUT2D eigenvalue weighted by molar-refractivity contribution is 7.47. The number of nitrogens with zero attached hydrogens (tertiary/aromatic N) is 1. The lowest BCUT2D eigenvalue weighted by Crippen LogP contribution is -2.37. The van der Waals surface area contributed by atoms with Crippen LogP contribution in [0.15, 0.2) is 12.2 Å². The summed E-state index contributed by atoms with van der Waals surface area (Å²) in [7, 11) is 1.48. The van der Waals surface area contributed by atoms with Crippen LogP contribution in [-0.4, -0.2) is 74.9 Å². The summed E-state index contributed by atoms with van der Waals surface area (Å²) in [5, 5.41) is 0. The molecule has 290 valence electrons. The van der Waals surface area contributed by atoms with Crippen LogP contribution >= 0.6 is 7.82 Å². The molecule has 2 unspecified atom stereocenters. The van der Waals surface area contributed by atoms with E-state index in [1.165, 1.54) is 96.3 Å². The molecule has 0 radical (unpaired) electrons. The molecule has 49 heavy (non-hydrogen) atoms. The number of phosphoric ester groups is 1. The Bertz CT molecular complexity index is 860. The summed E-state index contributed by atoms with van der Waals surface area (Å²) < 4.78 is 33.9. The summed E-state index contributed by atoms with van der Waals surface area (Å²) in [6.45, 7) is 4.29. The fraction of sp³-hybridized carbons (Fsp3) is 0.897. The summed E-state index contributed by atoms with van der Waals surface area (Å²) in [6.07, 6.45) is 31.8. The predicted molar refractivity (Wildman–Crippen MR) is 201 cm³/mol. The van der Waals surface area contributed by atoms with Crippen molar-refractivity contribution in [1.29, 1.82) is 0 Å². The molecule has 0 aromatic carbocycles. The molecule has 0 bridgehead atoms. The van der Waals surface area contributed by atoms with Crippen LogP contribution in [0.3, 0.4) is 0 Å². The van der Waals surface area contributed by atoms with Gasteiger partial charge in [0.1, 0.15) is 19.8 Å². The van der Waals surface area contributed by atoms with Crippen molar-refractivity contribution in [3.05, 3.63) is 12.2 Å². The maximum Gasteiger partial charge on any atom is 0.472 e. The van der Waals surface area contributed by atoms with Crippen LogP contribution in [0.25, 0.3) is 0 Å². The Labute approximate surface area is 301 Å². The molecule has 0 spiro atoms. The lowest BCUT2D eigenvalue weighted by Gasteiger charge is -2.24. The Morgan fingerprint density at radius 3 is 1.53 bits per heavy atom. The second kappa shape index (κ2) is 32.6. The van der Waals surface area contributed by atoms with Gasteiger partial charge < -0.3 is 18.9 Å². The first-order chi connectivity index (χ1) is 23.5. The molecule has 0 aliphatic carbocycles. The third-order valence-corrected chi connectivity index (χ3v) is 9.53. The molecule has 0 rings (SSSR count). The van der Waals surface area contributed by atoms with Crippen molar-refractivity contribution in [3.8, 4) is 0 Å². The van der Waals surface area contributed by atoms with Crippen molar-refractivity contribution in [2.75, 3.05) is 47.5 Å². The van der Waals surface area contributed by atoms with Crippen LogP contribution in [-0.2, 0) is 32.7 Å². The van der Waals surface area contributed by atoms with Gasteiger partial charge >= 0.3 is 19.8 Å². The number of ether oxygens (including phenoxy) is 2. The summed E-state index contributed by atoms with van der Waals surface area (Å²) in [6, 6.07) is 0. The molecule has 9 nitrogen and oxygen atoms in total. The predicted octanol–water partition coefficient (Wildman–Crippen LogP) is 10.6. The van der Waals surface area contributed by atoms with Gasteiger partial charge in [0.25, 0.3) is 0 Å². The number of hydrogen-bond donors (Lipinski definition) is 1. The number of unbranched alkanes of at least 4 members (excludes halogenated alkanes) is 20. The second-order valence-corrected chi connectivity index (χ2v) is 16.1. The highest BCUT2D eigenvalue weighted by Crippen LogP contribution is 2.43. The lowest BCUT2D eigenvalue weighted by molar-refractivity contribution is -0.870. The summed E-state index contributed by atoms with van der Waals surface area (Å²) in [5.41, 5.74) is 0. The average Bonchev–Trinajstić information content (AvgIpc) is 3.04. The van der Waals surface area contributed by atoms with E-state index in [4.69, 9.17) is 18.5 Å². The molecule has 0 saturated heterocycles. The van der Waals surface area contributed by atoms with Crippen molar-refractivity contribution in [2.24, 2.45) is 0 Å². The zero-order valence-corrected chi connectivity index (χ0v) is 33.3. The number of quaternary nitrogens is 1. The standard InChI is InChI=1S/C39H76NO8P/c1-6-8-10-12-13-14-15-16-17-18-19-20-21-22-23-24-25-26-27-28-30-32-39(42)48-37(35-45-38(41)31-29-11-9-7-2)36-47-49(43,44)46-34-33-40(3,4)5/h18-19,37H,6-17,20-36H2,1-5H3/p+1/b19-18-. The van der Waals surface area contributed by atoms with Gasteiger partial charge in [-0.15, -0.1) is 0 Å². The van der Waals surface area contributed by atoms with E-state index in [0.717, 1.165) is 44.9 Å². The number of hydrogen-bond acceptors (Lipinski definition) is 7. The number of carbonyl (C=O) groups excluding carboxylic acids is 2. The van der Waals surface area contributed by atoms with Crippen LogP contribution in [0.1, 0.15) is 174 Å². The van der Waals surface area contributed by atoms with Gasteiger partial charge in [0.15, 0.2) is 6.10 Å². The minimum atomic E-state index is -4.35. The minimum absolute atomic E-state index is 0.0333. The van der Waals surface area contributed by atoms with E-state index >= 15 is 0 Å². The van der Waals surface area contributed by atoms with Gasteiger partial charge in [0, 0.05) is 12.8 Å². The number of esters is 2. The molecule has 0 aliphatic rings. The number of likely N-dealkylation sites (N-methyl/N-ethyl adjacent to an activating group) is 1. The quantitative estimate of drug-likeness (QED) is 0.0224. The van der Waals surface area contributed by atoms with Crippen LogP contribution in [0, 0.1) is 0 Å². The third-order valence-electron chi connectivity index (χ3n) is 8.55. The summed E-state index contributed by atoms with van der Waals surface area (Å²) in [5.74, 6) is -0.817. The normalized spacial score (nSPS) is 13.8. The Morgan fingerprint density at radius 1 is 0.612 bits per heavy atom. The van der Waals surface area contributed by atoms with Gasteiger partial charge in [-0.05, 0) is 38.5 Å². The van der Waals surface area contributed by atoms with E-state index in [1.54, 1.807) is 0 Å². The molecule has 2 atom stereocenters. The molecule has 0 amide bonds. The minimum Gasteiger partial charge on any atom is -0.462 e. The molecular formula is C39H77NO8P+. The number of allylic oxidation sites excluding steroid dienone is 2. The molecule has 0 aliphatic heterocycles. The monoisotopic (exact) mass is 719 g/mol. The Hall–Kier alpha value is -1.25. The fourth-order valence-corrected chi connectivity index (χ4v) is 6.10. The van der Waals surface area contributed by atoms with Crippen LogP contribution < -0.4 is 0 Å².